The Morgan fingerprint density at radius 1 is 1.02 bits per heavy atom. The SMILES string of the molecule is CC(C)(C)OC(=O)N[C@H]1CCCCC/C=C\[C@@H]2C[C@@]2(C(=O)NS(=O)(=O)C2(C)CC2)CC(=O)[C@@H]2C[C@H](OS(=O)(=O)c3ccc(Br)cc3)CN2C1=O. The zero-order valence-electron chi connectivity index (χ0n) is 28.8. The van der Waals surface area contributed by atoms with Crippen LogP contribution in [0.5, 0.6) is 0 Å². The molecule has 4 aliphatic rings. The number of allylic oxidation sites excluding steroid dienone is 2. The Kier molecular flexibility index (Phi) is 11.0. The number of Topliss-reactive ketones (excluding diaryl/α,β-unsaturated/α-hetero) is 1. The molecular weight excluding hydrogens is 754 g/mol. The standard InChI is InChI=1S/C34H46BrN3O10S2/c1-32(2,3)47-31(42)36-26-11-9-7-5-6-8-10-22-19-34(22,30(41)37-50(45,46)33(4)16-17-33)20-28(39)27-18-24(21-38(27)29(26)40)48-49(43,44)25-14-12-23(35)13-15-25/h8,10,12-15,22,24,26-27H,5-7,9,11,16-21H2,1-4H3,(H,36,42)(H,37,41)/b10-8-/t22-,24+,26+,27+,34-/m1/s1. The molecule has 5 atom stereocenters. The van der Waals surface area contributed by atoms with Crippen LogP contribution in [-0.4, -0.2) is 80.5 Å². The summed E-state index contributed by atoms with van der Waals surface area (Å²) in [5.41, 5.74) is -2.19. The first kappa shape index (κ1) is 38.4. The van der Waals surface area contributed by atoms with E-state index in [1.165, 1.54) is 17.0 Å². The smallest absolute Gasteiger partial charge is 0.408 e. The fourth-order valence-corrected chi connectivity index (χ4v) is 9.23. The van der Waals surface area contributed by atoms with Crippen molar-refractivity contribution in [2.24, 2.45) is 11.3 Å². The zero-order chi connectivity index (χ0) is 36.7. The van der Waals surface area contributed by atoms with Gasteiger partial charge in [-0.2, -0.15) is 8.42 Å². The maximum Gasteiger partial charge on any atom is 0.408 e. The number of benzene rings is 1. The van der Waals surface area contributed by atoms with E-state index in [1.54, 1.807) is 39.8 Å². The average molecular weight is 801 g/mol. The van der Waals surface area contributed by atoms with Crippen LogP contribution in [0.15, 0.2) is 45.8 Å². The number of fused-ring (bicyclic) bond motifs is 2. The summed E-state index contributed by atoms with van der Waals surface area (Å²) in [5.74, 6) is -2.29. The number of carbonyl (C=O) groups excluding carboxylic acids is 4. The maximum absolute atomic E-state index is 14.3. The van der Waals surface area contributed by atoms with Crippen LogP contribution >= 0.6 is 15.9 Å². The molecule has 0 spiro atoms. The van der Waals surface area contributed by atoms with Gasteiger partial charge in [0, 0.05) is 23.9 Å². The Balaban J connectivity index is 1.45. The van der Waals surface area contributed by atoms with Crippen molar-refractivity contribution in [3.63, 3.8) is 0 Å². The van der Waals surface area contributed by atoms with E-state index in [4.69, 9.17) is 8.92 Å². The third-order valence-corrected chi connectivity index (χ3v) is 14.0. The number of halogens is 1. The van der Waals surface area contributed by atoms with Crippen molar-refractivity contribution in [2.45, 2.75) is 125 Å². The van der Waals surface area contributed by atoms with Gasteiger partial charge in [0.25, 0.3) is 10.1 Å². The molecule has 16 heteroatoms. The number of sulfonamides is 1. The Labute approximate surface area is 302 Å². The molecule has 2 heterocycles. The average Bonchev–Trinajstić information content (AvgIpc) is 3.89. The molecule has 276 valence electrons. The van der Waals surface area contributed by atoms with Crippen LogP contribution in [0.2, 0.25) is 0 Å². The second-order valence-electron chi connectivity index (χ2n) is 15.1. The molecular formula is C34H46BrN3O10S2. The first-order valence-electron chi connectivity index (χ1n) is 17.0. The van der Waals surface area contributed by atoms with E-state index in [1.807, 2.05) is 12.2 Å². The molecule has 0 unspecified atom stereocenters. The van der Waals surface area contributed by atoms with E-state index >= 15 is 0 Å². The van der Waals surface area contributed by atoms with Crippen LogP contribution in [0, 0.1) is 11.3 Å². The van der Waals surface area contributed by atoms with Crippen molar-refractivity contribution in [3.8, 4) is 0 Å². The molecule has 0 bridgehead atoms. The van der Waals surface area contributed by atoms with E-state index in [0.29, 0.717) is 30.2 Å². The molecule has 13 nitrogen and oxygen atoms in total. The van der Waals surface area contributed by atoms with Crippen molar-refractivity contribution in [2.75, 3.05) is 6.54 Å². The quantitative estimate of drug-likeness (QED) is 0.294. The summed E-state index contributed by atoms with van der Waals surface area (Å²) < 4.78 is 65.5. The Morgan fingerprint density at radius 2 is 1.70 bits per heavy atom. The lowest BCUT2D eigenvalue weighted by Gasteiger charge is -2.30. The van der Waals surface area contributed by atoms with Crippen molar-refractivity contribution in [1.29, 1.82) is 0 Å². The van der Waals surface area contributed by atoms with Crippen molar-refractivity contribution >= 4 is 59.8 Å². The summed E-state index contributed by atoms with van der Waals surface area (Å²) in [4.78, 5) is 56.2. The van der Waals surface area contributed by atoms with Crippen LogP contribution in [-0.2, 0) is 43.4 Å². The lowest BCUT2D eigenvalue weighted by molar-refractivity contribution is -0.140. The molecule has 1 saturated heterocycles. The predicted molar refractivity (Wildman–Crippen MR) is 187 cm³/mol. The third-order valence-electron chi connectivity index (χ3n) is 9.91. The second kappa shape index (κ2) is 14.3. The van der Waals surface area contributed by atoms with Gasteiger partial charge in [-0.25, -0.2) is 13.2 Å². The number of carbonyl (C=O) groups is 4. The molecule has 3 fully saturated rings. The van der Waals surface area contributed by atoms with E-state index in [9.17, 15) is 36.0 Å². The number of hydrogen-bond acceptors (Lipinski definition) is 10. The Hall–Kier alpha value is -2.82. The fraction of sp³-hybridized carbons (Fsp3) is 0.647. The van der Waals surface area contributed by atoms with Gasteiger partial charge >= 0.3 is 6.09 Å². The zero-order valence-corrected chi connectivity index (χ0v) is 32.0. The van der Waals surface area contributed by atoms with Crippen LogP contribution in [0.4, 0.5) is 4.79 Å². The highest BCUT2D eigenvalue weighted by Gasteiger charge is 2.62. The van der Waals surface area contributed by atoms with Gasteiger partial charge in [-0.3, -0.25) is 23.3 Å². The number of nitrogens with one attached hydrogen (secondary N) is 2. The molecule has 3 amide bonds. The van der Waals surface area contributed by atoms with E-state index in [-0.39, 0.29) is 37.1 Å². The van der Waals surface area contributed by atoms with Gasteiger partial charge in [0.05, 0.1) is 27.2 Å². The number of hydrogen-bond donors (Lipinski definition) is 2. The van der Waals surface area contributed by atoms with E-state index < -0.39 is 83.7 Å². The van der Waals surface area contributed by atoms with Gasteiger partial charge in [-0.05, 0) is 96.4 Å². The van der Waals surface area contributed by atoms with Crippen LogP contribution in [0.3, 0.4) is 0 Å². The highest BCUT2D eigenvalue weighted by molar-refractivity contribution is 9.10. The minimum Gasteiger partial charge on any atom is -0.444 e. The summed E-state index contributed by atoms with van der Waals surface area (Å²) in [7, 11) is -8.29. The number of ketones is 1. The van der Waals surface area contributed by atoms with Gasteiger partial charge in [0.1, 0.15) is 11.6 Å². The monoisotopic (exact) mass is 799 g/mol. The summed E-state index contributed by atoms with van der Waals surface area (Å²) >= 11 is 3.28. The number of alkyl carbamates (subject to hydrolysis) is 1. The lowest BCUT2D eigenvalue weighted by atomic mass is 9.91. The number of rotatable bonds is 7. The molecule has 2 N–H and O–H groups in total. The van der Waals surface area contributed by atoms with Crippen LogP contribution < -0.4 is 10.0 Å². The van der Waals surface area contributed by atoms with Crippen LogP contribution in [0.25, 0.3) is 0 Å². The maximum atomic E-state index is 14.3. The molecule has 2 aliphatic heterocycles. The summed E-state index contributed by atoms with van der Waals surface area (Å²) in [6.45, 7) is 6.36. The lowest BCUT2D eigenvalue weighted by Crippen LogP contribution is -2.53. The minimum absolute atomic E-state index is 0.110. The summed E-state index contributed by atoms with van der Waals surface area (Å²) in [6, 6.07) is 3.53. The highest BCUT2D eigenvalue weighted by Crippen LogP contribution is 2.57. The molecule has 1 aromatic rings. The molecule has 5 rings (SSSR count). The molecule has 2 aliphatic carbocycles. The molecule has 0 radical (unpaired) electrons. The highest BCUT2D eigenvalue weighted by atomic mass is 79.9. The molecule has 50 heavy (non-hydrogen) atoms. The van der Waals surface area contributed by atoms with Gasteiger partial charge < -0.3 is 15.0 Å². The molecule has 1 aromatic carbocycles. The number of amides is 3. The largest absolute Gasteiger partial charge is 0.444 e. The van der Waals surface area contributed by atoms with E-state index in [2.05, 4.69) is 26.0 Å². The first-order chi connectivity index (χ1) is 23.3. The Bertz CT molecular complexity index is 1750. The van der Waals surface area contributed by atoms with Crippen LogP contribution in [0.1, 0.15) is 91.9 Å². The Morgan fingerprint density at radius 3 is 2.34 bits per heavy atom. The van der Waals surface area contributed by atoms with Crippen molar-refractivity contribution in [1.82, 2.24) is 14.9 Å². The molecule has 0 aromatic heterocycles. The predicted octanol–water partition coefficient (Wildman–Crippen LogP) is 4.50. The van der Waals surface area contributed by atoms with Gasteiger partial charge in [0.15, 0.2) is 5.78 Å². The van der Waals surface area contributed by atoms with Gasteiger partial charge in [-0.15, -0.1) is 0 Å². The minimum atomic E-state index is -4.31. The van der Waals surface area contributed by atoms with Crippen molar-refractivity contribution < 1.29 is 44.9 Å². The fourth-order valence-electron chi connectivity index (χ4n) is 6.56. The van der Waals surface area contributed by atoms with Gasteiger partial charge in [0.2, 0.25) is 21.8 Å². The topological polar surface area (TPSA) is 182 Å². The summed E-state index contributed by atoms with van der Waals surface area (Å²) in [5, 5.41) is 2.66. The van der Waals surface area contributed by atoms with Gasteiger partial charge in [-0.1, -0.05) is 40.9 Å². The number of ether oxygens (including phenoxy) is 1. The number of nitrogens with zero attached hydrogens (tertiary/aromatic N) is 1. The molecule has 2 saturated carbocycles. The normalized spacial score (nSPS) is 29.4. The van der Waals surface area contributed by atoms with Crippen molar-refractivity contribution in [3.05, 3.63) is 40.9 Å². The van der Waals surface area contributed by atoms with E-state index in [0.717, 1.165) is 12.8 Å². The third kappa shape index (κ3) is 8.79. The summed E-state index contributed by atoms with van der Waals surface area (Å²) in [6.07, 6.45) is 5.37. The first-order valence-corrected chi connectivity index (χ1v) is 20.7. The second-order valence-corrected chi connectivity index (χ2v) is 19.8.